The van der Waals surface area contributed by atoms with Crippen LogP contribution in [-0.2, 0) is 5.41 Å². The number of hydrogen-bond donors (Lipinski definition) is 3. The normalized spacial score (nSPS) is 17.9. The van der Waals surface area contributed by atoms with Gasteiger partial charge in [-0.25, -0.2) is 0 Å². The Morgan fingerprint density at radius 2 is 2.19 bits per heavy atom. The first kappa shape index (κ1) is 9.73. The molecule has 0 saturated heterocycles. The van der Waals surface area contributed by atoms with E-state index < -0.39 is 0 Å². The van der Waals surface area contributed by atoms with Crippen LogP contribution >= 0.6 is 0 Å². The summed E-state index contributed by atoms with van der Waals surface area (Å²) < 4.78 is 0. The fraction of sp³-hybridized carbons (Fsp3) is 0.385. The van der Waals surface area contributed by atoms with Gasteiger partial charge in [-0.15, -0.1) is 0 Å². The highest BCUT2D eigenvalue weighted by Crippen LogP contribution is 2.51. The molecule has 3 nitrogen and oxygen atoms in total. The fourth-order valence-corrected chi connectivity index (χ4v) is 2.53. The van der Waals surface area contributed by atoms with Gasteiger partial charge in [-0.2, -0.15) is 0 Å². The Morgan fingerprint density at radius 3 is 2.81 bits per heavy atom. The van der Waals surface area contributed by atoms with Crippen molar-refractivity contribution in [3.8, 4) is 5.75 Å². The van der Waals surface area contributed by atoms with Crippen molar-refractivity contribution in [3.05, 3.63) is 29.5 Å². The van der Waals surface area contributed by atoms with Crippen molar-refractivity contribution in [2.75, 3.05) is 6.54 Å². The molecule has 0 atom stereocenters. The molecular formula is C13H16N2O. The summed E-state index contributed by atoms with van der Waals surface area (Å²) >= 11 is 0. The molecule has 0 spiro atoms. The van der Waals surface area contributed by atoms with E-state index in [0.717, 1.165) is 34.9 Å². The molecule has 0 unspecified atom stereocenters. The number of rotatable bonds is 2. The van der Waals surface area contributed by atoms with Gasteiger partial charge in [0, 0.05) is 34.6 Å². The van der Waals surface area contributed by atoms with Gasteiger partial charge in [0.15, 0.2) is 0 Å². The zero-order chi connectivity index (χ0) is 11.3. The zero-order valence-electron chi connectivity index (χ0n) is 9.38. The van der Waals surface area contributed by atoms with Gasteiger partial charge in [0.05, 0.1) is 0 Å². The van der Waals surface area contributed by atoms with E-state index in [4.69, 9.17) is 5.73 Å². The molecule has 84 valence electrons. The Balaban J connectivity index is 2.27. The Morgan fingerprint density at radius 1 is 1.44 bits per heavy atom. The van der Waals surface area contributed by atoms with Crippen molar-refractivity contribution in [2.45, 2.75) is 25.2 Å². The van der Waals surface area contributed by atoms with Crippen molar-refractivity contribution < 1.29 is 5.11 Å². The van der Waals surface area contributed by atoms with Crippen LogP contribution in [0.5, 0.6) is 5.75 Å². The second-order valence-electron chi connectivity index (χ2n) is 4.84. The summed E-state index contributed by atoms with van der Waals surface area (Å²) in [5.41, 5.74) is 8.95. The van der Waals surface area contributed by atoms with E-state index in [2.05, 4.69) is 4.98 Å². The number of aromatic hydroxyl groups is 1. The number of aromatic nitrogens is 1. The van der Waals surface area contributed by atoms with Gasteiger partial charge in [0.2, 0.25) is 0 Å². The van der Waals surface area contributed by atoms with Gasteiger partial charge in [-0.3, -0.25) is 0 Å². The highest BCUT2D eigenvalue weighted by molar-refractivity contribution is 5.90. The number of aromatic amines is 1. The third-order valence-corrected chi connectivity index (χ3v) is 3.83. The zero-order valence-corrected chi connectivity index (χ0v) is 9.38. The summed E-state index contributed by atoms with van der Waals surface area (Å²) in [6.45, 7) is 2.62. The van der Waals surface area contributed by atoms with Crippen LogP contribution in [0.4, 0.5) is 0 Å². The largest absolute Gasteiger partial charge is 0.507 e. The van der Waals surface area contributed by atoms with Gasteiger partial charge in [0.25, 0.3) is 0 Å². The Bertz CT molecular complexity index is 552. The molecule has 4 N–H and O–H groups in total. The molecule has 1 aromatic heterocycles. The predicted molar refractivity (Wildman–Crippen MR) is 64.7 cm³/mol. The van der Waals surface area contributed by atoms with Crippen LogP contribution in [0.25, 0.3) is 10.9 Å². The van der Waals surface area contributed by atoms with Crippen molar-refractivity contribution >= 4 is 10.9 Å². The Kier molecular flexibility index (Phi) is 1.83. The number of nitrogens with one attached hydrogen (secondary N) is 1. The van der Waals surface area contributed by atoms with Crippen LogP contribution in [0.15, 0.2) is 18.3 Å². The smallest absolute Gasteiger partial charge is 0.129 e. The highest BCUT2D eigenvalue weighted by Gasteiger charge is 2.44. The molecule has 1 saturated carbocycles. The molecule has 0 bridgehead atoms. The molecule has 2 aromatic rings. The fourth-order valence-electron chi connectivity index (χ4n) is 2.53. The second-order valence-corrected chi connectivity index (χ2v) is 4.84. The summed E-state index contributed by atoms with van der Waals surface area (Å²) in [6, 6.07) is 4.04. The minimum Gasteiger partial charge on any atom is -0.507 e. The maximum atomic E-state index is 10.4. The van der Waals surface area contributed by atoms with Crippen LogP contribution in [0, 0.1) is 6.92 Å². The quantitative estimate of drug-likeness (QED) is 0.720. The summed E-state index contributed by atoms with van der Waals surface area (Å²) in [7, 11) is 0. The molecule has 3 rings (SSSR count). The average Bonchev–Trinajstić information content (AvgIpc) is 2.98. The predicted octanol–water partition coefficient (Wildman–Crippen LogP) is 2.17. The molecular weight excluding hydrogens is 200 g/mol. The molecule has 1 fully saturated rings. The standard InChI is InChI=1S/C13H16N2O/c1-8-6-15-10-3-2-9(12(16)11(8)10)13(7-14)4-5-13/h2-3,6,15-16H,4-5,7,14H2,1H3. The maximum Gasteiger partial charge on any atom is 0.129 e. The van der Waals surface area contributed by atoms with Crippen LogP contribution in [0.3, 0.4) is 0 Å². The van der Waals surface area contributed by atoms with E-state index in [1.165, 1.54) is 0 Å². The summed E-state index contributed by atoms with van der Waals surface area (Å²) in [6.07, 6.45) is 4.11. The van der Waals surface area contributed by atoms with E-state index in [0.29, 0.717) is 12.3 Å². The first-order valence-electron chi connectivity index (χ1n) is 5.68. The SMILES string of the molecule is Cc1c[nH]c2ccc(C3(CN)CC3)c(O)c12. The molecule has 16 heavy (non-hydrogen) atoms. The Hall–Kier alpha value is -1.48. The van der Waals surface area contributed by atoms with Crippen LogP contribution < -0.4 is 5.73 Å². The topological polar surface area (TPSA) is 62.0 Å². The number of nitrogens with two attached hydrogens (primary N) is 1. The molecule has 0 amide bonds. The molecule has 1 aromatic carbocycles. The molecule has 0 radical (unpaired) electrons. The lowest BCUT2D eigenvalue weighted by Crippen LogP contribution is -2.19. The highest BCUT2D eigenvalue weighted by atomic mass is 16.3. The van der Waals surface area contributed by atoms with Crippen molar-refractivity contribution in [1.82, 2.24) is 4.98 Å². The number of fused-ring (bicyclic) bond motifs is 1. The molecule has 3 heteroatoms. The average molecular weight is 216 g/mol. The first-order valence-corrected chi connectivity index (χ1v) is 5.68. The van der Waals surface area contributed by atoms with Gasteiger partial charge in [0.1, 0.15) is 5.75 Å². The second kappa shape index (κ2) is 3.01. The van der Waals surface area contributed by atoms with Gasteiger partial charge in [-0.1, -0.05) is 6.07 Å². The van der Waals surface area contributed by atoms with Crippen molar-refractivity contribution in [1.29, 1.82) is 0 Å². The van der Waals surface area contributed by atoms with Gasteiger partial charge in [-0.05, 0) is 31.4 Å². The lowest BCUT2D eigenvalue weighted by Gasteiger charge is -2.15. The maximum absolute atomic E-state index is 10.4. The number of benzene rings is 1. The number of phenols is 1. The lowest BCUT2D eigenvalue weighted by atomic mass is 9.93. The third-order valence-electron chi connectivity index (χ3n) is 3.83. The number of H-pyrrole nitrogens is 1. The van der Waals surface area contributed by atoms with E-state index in [1.54, 1.807) is 0 Å². The van der Waals surface area contributed by atoms with E-state index >= 15 is 0 Å². The third kappa shape index (κ3) is 1.12. The van der Waals surface area contributed by atoms with Crippen LogP contribution in [-0.4, -0.2) is 16.6 Å². The first-order chi connectivity index (χ1) is 7.68. The molecule has 1 heterocycles. The summed E-state index contributed by atoms with van der Waals surface area (Å²) in [4.78, 5) is 3.15. The van der Waals surface area contributed by atoms with E-state index in [1.807, 2.05) is 25.3 Å². The minimum atomic E-state index is 0.0436. The number of hydrogen-bond acceptors (Lipinski definition) is 2. The minimum absolute atomic E-state index is 0.0436. The number of phenolic OH excluding ortho intramolecular Hbond substituents is 1. The van der Waals surface area contributed by atoms with Gasteiger partial charge >= 0.3 is 0 Å². The van der Waals surface area contributed by atoms with Crippen molar-refractivity contribution in [3.63, 3.8) is 0 Å². The summed E-state index contributed by atoms with van der Waals surface area (Å²) in [5.74, 6) is 0.416. The molecule has 1 aliphatic carbocycles. The Labute approximate surface area is 94.3 Å². The van der Waals surface area contributed by atoms with Crippen LogP contribution in [0.1, 0.15) is 24.0 Å². The van der Waals surface area contributed by atoms with Crippen LogP contribution in [0.2, 0.25) is 0 Å². The van der Waals surface area contributed by atoms with Crippen molar-refractivity contribution in [2.24, 2.45) is 5.73 Å². The van der Waals surface area contributed by atoms with E-state index in [-0.39, 0.29) is 5.41 Å². The van der Waals surface area contributed by atoms with E-state index in [9.17, 15) is 5.11 Å². The monoisotopic (exact) mass is 216 g/mol. The number of aryl methyl sites for hydroxylation is 1. The summed E-state index contributed by atoms with van der Waals surface area (Å²) in [5, 5.41) is 11.3. The lowest BCUT2D eigenvalue weighted by molar-refractivity contribution is 0.465. The molecule has 0 aliphatic heterocycles. The van der Waals surface area contributed by atoms with Gasteiger partial charge < -0.3 is 15.8 Å². The molecule has 1 aliphatic rings.